The molecule has 1 atom stereocenters. The van der Waals surface area contributed by atoms with Crippen molar-refractivity contribution >= 4 is 21.8 Å². The standard InChI is InChI=1S/C14H20BrNO2/c1-3-11(7-8-15)9-16-14(18)12-6-4-5-10(2)13(12)17/h4-6,11,17H,3,7-9H2,1-2H3,(H,16,18). The van der Waals surface area contributed by atoms with Crippen molar-refractivity contribution in [1.29, 1.82) is 0 Å². The van der Waals surface area contributed by atoms with Gasteiger partial charge in [-0.05, 0) is 30.9 Å². The molecule has 0 fully saturated rings. The van der Waals surface area contributed by atoms with Gasteiger partial charge in [0.2, 0.25) is 0 Å². The van der Waals surface area contributed by atoms with Crippen LogP contribution >= 0.6 is 15.9 Å². The van der Waals surface area contributed by atoms with Crippen LogP contribution in [0.2, 0.25) is 0 Å². The lowest BCUT2D eigenvalue weighted by molar-refractivity contribution is 0.0943. The van der Waals surface area contributed by atoms with Crippen LogP contribution in [0.4, 0.5) is 0 Å². The third-order valence-electron chi connectivity index (χ3n) is 3.13. The Morgan fingerprint density at radius 1 is 1.50 bits per heavy atom. The molecule has 0 radical (unpaired) electrons. The van der Waals surface area contributed by atoms with E-state index in [9.17, 15) is 9.90 Å². The van der Waals surface area contributed by atoms with Gasteiger partial charge in [0.05, 0.1) is 5.56 Å². The zero-order valence-corrected chi connectivity index (χ0v) is 12.5. The predicted octanol–water partition coefficient (Wildman–Crippen LogP) is 3.24. The van der Waals surface area contributed by atoms with Crippen LogP contribution in [-0.4, -0.2) is 22.9 Å². The summed E-state index contributed by atoms with van der Waals surface area (Å²) in [6.45, 7) is 4.55. The molecule has 1 rings (SSSR count). The molecule has 0 aliphatic rings. The summed E-state index contributed by atoms with van der Waals surface area (Å²) in [7, 11) is 0. The highest BCUT2D eigenvalue weighted by molar-refractivity contribution is 9.09. The number of carbonyl (C=O) groups is 1. The van der Waals surface area contributed by atoms with E-state index >= 15 is 0 Å². The van der Waals surface area contributed by atoms with E-state index in [0.717, 1.165) is 23.7 Å². The van der Waals surface area contributed by atoms with E-state index < -0.39 is 0 Å². The smallest absolute Gasteiger partial charge is 0.255 e. The van der Waals surface area contributed by atoms with E-state index in [4.69, 9.17) is 0 Å². The minimum Gasteiger partial charge on any atom is -0.507 e. The van der Waals surface area contributed by atoms with Crippen molar-refractivity contribution < 1.29 is 9.90 Å². The first-order chi connectivity index (χ1) is 8.60. The van der Waals surface area contributed by atoms with Crippen LogP contribution < -0.4 is 5.32 Å². The van der Waals surface area contributed by atoms with Gasteiger partial charge in [-0.15, -0.1) is 0 Å². The topological polar surface area (TPSA) is 49.3 Å². The average molecular weight is 314 g/mol. The van der Waals surface area contributed by atoms with Gasteiger partial charge < -0.3 is 10.4 Å². The average Bonchev–Trinajstić information content (AvgIpc) is 2.37. The highest BCUT2D eigenvalue weighted by Crippen LogP contribution is 2.21. The number of phenols is 1. The van der Waals surface area contributed by atoms with Gasteiger partial charge in [0, 0.05) is 11.9 Å². The summed E-state index contributed by atoms with van der Waals surface area (Å²) < 4.78 is 0. The van der Waals surface area contributed by atoms with E-state index in [0.29, 0.717) is 18.0 Å². The number of para-hydroxylation sites is 1. The SMILES string of the molecule is CCC(CCBr)CNC(=O)c1cccc(C)c1O. The van der Waals surface area contributed by atoms with Crippen LogP contribution in [0.3, 0.4) is 0 Å². The third-order valence-corrected chi connectivity index (χ3v) is 3.59. The van der Waals surface area contributed by atoms with Gasteiger partial charge in [-0.3, -0.25) is 4.79 Å². The van der Waals surface area contributed by atoms with Crippen molar-refractivity contribution in [2.24, 2.45) is 5.92 Å². The lowest BCUT2D eigenvalue weighted by Crippen LogP contribution is -2.29. The van der Waals surface area contributed by atoms with E-state index in [1.807, 2.05) is 0 Å². The van der Waals surface area contributed by atoms with Crippen molar-refractivity contribution in [2.45, 2.75) is 26.7 Å². The molecular weight excluding hydrogens is 294 g/mol. The molecule has 100 valence electrons. The van der Waals surface area contributed by atoms with Crippen LogP contribution in [-0.2, 0) is 0 Å². The van der Waals surface area contributed by atoms with Gasteiger partial charge in [0.25, 0.3) is 5.91 Å². The van der Waals surface area contributed by atoms with Gasteiger partial charge in [-0.1, -0.05) is 41.4 Å². The summed E-state index contributed by atoms with van der Waals surface area (Å²) in [5, 5.41) is 13.7. The van der Waals surface area contributed by atoms with Gasteiger partial charge in [-0.2, -0.15) is 0 Å². The Bertz CT molecular complexity index is 407. The highest BCUT2D eigenvalue weighted by Gasteiger charge is 2.13. The van der Waals surface area contributed by atoms with Crippen LogP contribution in [0, 0.1) is 12.8 Å². The molecule has 0 aliphatic carbocycles. The molecule has 1 unspecified atom stereocenters. The maximum Gasteiger partial charge on any atom is 0.255 e. The molecule has 0 spiro atoms. The van der Waals surface area contributed by atoms with Crippen LogP contribution in [0.1, 0.15) is 35.7 Å². The summed E-state index contributed by atoms with van der Waals surface area (Å²) >= 11 is 3.41. The molecule has 3 nitrogen and oxygen atoms in total. The number of halogens is 1. The Hall–Kier alpha value is -1.03. The molecule has 0 saturated heterocycles. The van der Waals surface area contributed by atoms with Gasteiger partial charge >= 0.3 is 0 Å². The van der Waals surface area contributed by atoms with Crippen molar-refractivity contribution in [3.05, 3.63) is 29.3 Å². The van der Waals surface area contributed by atoms with Crippen molar-refractivity contribution in [1.82, 2.24) is 5.32 Å². The number of hydrogen-bond donors (Lipinski definition) is 2. The monoisotopic (exact) mass is 313 g/mol. The van der Waals surface area contributed by atoms with Gasteiger partial charge in [0.15, 0.2) is 0 Å². The molecular formula is C14H20BrNO2. The second-order valence-corrected chi connectivity index (χ2v) is 5.23. The van der Waals surface area contributed by atoms with E-state index in [1.54, 1.807) is 25.1 Å². The van der Waals surface area contributed by atoms with Crippen LogP contribution in [0.15, 0.2) is 18.2 Å². The fraction of sp³-hybridized carbons (Fsp3) is 0.500. The summed E-state index contributed by atoms with van der Waals surface area (Å²) in [5.74, 6) is 0.341. The molecule has 18 heavy (non-hydrogen) atoms. The lowest BCUT2D eigenvalue weighted by atomic mass is 10.0. The molecule has 0 aliphatic heterocycles. The van der Waals surface area contributed by atoms with E-state index in [2.05, 4.69) is 28.2 Å². The van der Waals surface area contributed by atoms with Crippen LogP contribution in [0.25, 0.3) is 0 Å². The summed E-state index contributed by atoms with van der Waals surface area (Å²) in [4.78, 5) is 12.0. The number of hydrogen-bond acceptors (Lipinski definition) is 2. The van der Waals surface area contributed by atoms with Gasteiger partial charge in [-0.25, -0.2) is 0 Å². The summed E-state index contributed by atoms with van der Waals surface area (Å²) in [6.07, 6.45) is 2.07. The van der Waals surface area contributed by atoms with Crippen molar-refractivity contribution in [3.63, 3.8) is 0 Å². The zero-order valence-electron chi connectivity index (χ0n) is 10.9. The number of benzene rings is 1. The van der Waals surface area contributed by atoms with Crippen molar-refractivity contribution in [3.8, 4) is 5.75 Å². The number of rotatable bonds is 6. The summed E-state index contributed by atoms with van der Waals surface area (Å²) in [6, 6.07) is 5.20. The molecule has 1 aromatic carbocycles. The molecule has 0 heterocycles. The molecule has 0 bridgehead atoms. The molecule has 0 aromatic heterocycles. The number of aryl methyl sites for hydroxylation is 1. The Labute approximate surface area is 117 Å². The number of aromatic hydroxyl groups is 1. The largest absolute Gasteiger partial charge is 0.507 e. The fourth-order valence-corrected chi connectivity index (χ4v) is 2.43. The number of phenolic OH excluding ortho intramolecular Hbond substituents is 1. The molecule has 1 amide bonds. The maximum absolute atomic E-state index is 12.0. The maximum atomic E-state index is 12.0. The van der Waals surface area contributed by atoms with Crippen LogP contribution in [0.5, 0.6) is 5.75 Å². The Kier molecular flexibility index (Phi) is 6.19. The second kappa shape index (κ2) is 7.41. The molecule has 4 heteroatoms. The third kappa shape index (κ3) is 4.02. The zero-order chi connectivity index (χ0) is 13.5. The van der Waals surface area contributed by atoms with E-state index in [1.165, 1.54) is 0 Å². The molecule has 0 saturated carbocycles. The Balaban J connectivity index is 2.62. The summed E-state index contributed by atoms with van der Waals surface area (Å²) in [5.41, 5.74) is 1.07. The minimum atomic E-state index is -0.204. The van der Waals surface area contributed by atoms with E-state index in [-0.39, 0.29) is 11.7 Å². The normalized spacial score (nSPS) is 12.2. The predicted molar refractivity (Wildman–Crippen MR) is 77.4 cm³/mol. The lowest BCUT2D eigenvalue weighted by Gasteiger charge is -2.15. The van der Waals surface area contributed by atoms with Crippen molar-refractivity contribution in [2.75, 3.05) is 11.9 Å². The number of carbonyl (C=O) groups excluding carboxylic acids is 1. The molecule has 1 aromatic rings. The highest BCUT2D eigenvalue weighted by atomic mass is 79.9. The number of nitrogens with one attached hydrogen (secondary N) is 1. The minimum absolute atomic E-state index is 0.0727. The molecule has 2 N–H and O–H groups in total. The number of alkyl halides is 1. The number of amides is 1. The first kappa shape index (κ1) is 15.0. The Morgan fingerprint density at radius 3 is 2.83 bits per heavy atom. The first-order valence-corrected chi connectivity index (χ1v) is 7.35. The fourth-order valence-electron chi connectivity index (χ4n) is 1.78. The second-order valence-electron chi connectivity index (χ2n) is 4.43. The van der Waals surface area contributed by atoms with Gasteiger partial charge in [0.1, 0.15) is 5.75 Å². The Morgan fingerprint density at radius 2 is 2.22 bits per heavy atom. The quantitative estimate of drug-likeness (QED) is 0.792. The first-order valence-electron chi connectivity index (χ1n) is 6.22.